The average Bonchev–Trinajstić information content (AvgIpc) is 2.76. The summed E-state index contributed by atoms with van der Waals surface area (Å²) in [5.41, 5.74) is 8.04. The van der Waals surface area contributed by atoms with Gasteiger partial charge in [-0.1, -0.05) is 11.2 Å². The number of hydrogen-bond donors (Lipinski definition) is 1. The molecule has 1 aromatic heterocycles. The quantitative estimate of drug-likeness (QED) is 0.337. The standard InChI is InChI=1S/C10H14N4OS/c11-14-13-6-2-1-5-12-10(15)8-9-4-3-7-16-9/h3-4,7H,1-2,5-6,8H2,(H,12,15). The van der Waals surface area contributed by atoms with Crippen LogP contribution in [0.25, 0.3) is 10.4 Å². The topological polar surface area (TPSA) is 77.9 Å². The molecule has 0 saturated heterocycles. The fraction of sp³-hybridized carbons (Fsp3) is 0.500. The second-order valence-electron chi connectivity index (χ2n) is 3.27. The van der Waals surface area contributed by atoms with Gasteiger partial charge >= 0.3 is 0 Å². The fourth-order valence-electron chi connectivity index (χ4n) is 1.21. The van der Waals surface area contributed by atoms with Crippen LogP contribution in [0.1, 0.15) is 17.7 Å². The van der Waals surface area contributed by atoms with Crippen molar-refractivity contribution in [3.63, 3.8) is 0 Å². The van der Waals surface area contributed by atoms with Gasteiger partial charge in [-0.25, -0.2) is 0 Å². The van der Waals surface area contributed by atoms with E-state index >= 15 is 0 Å². The Hall–Kier alpha value is -1.52. The van der Waals surface area contributed by atoms with Gasteiger partial charge in [0.25, 0.3) is 0 Å². The molecule has 0 unspecified atom stereocenters. The molecule has 16 heavy (non-hydrogen) atoms. The zero-order valence-electron chi connectivity index (χ0n) is 8.93. The van der Waals surface area contributed by atoms with Gasteiger partial charge in [-0.2, -0.15) is 0 Å². The zero-order valence-corrected chi connectivity index (χ0v) is 9.74. The van der Waals surface area contributed by atoms with Gasteiger partial charge in [-0.3, -0.25) is 4.79 Å². The Morgan fingerprint density at radius 3 is 3.12 bits per heavy atom. The van der Waals surface area contributed by atoms with Crippen molar-refractivity contribution in [3.05, 3.63) is 32.8 Å². The highest BCUT2D eigenvalue weighted by Gasteiger charge is 2.02. The van der Waals surface area contributed by atoms with Crippen LogP contribution >= 0.6 is 11.3 Å². The number of carbonyl (C=O) groups excluding carboxylic acids is 1. The molecule has 0 aromatic carbocycles. The lowest BCUT2D eigenvalue weighted by molar-refractivity contribution is -0.120. The van der Waals surface area contributed by atoms with Crippen molar-refractivity contribution in [2.24, 2.45) is 5.11 Å². The summed E-state index contributed by atoms with van der Waals surface area (Å²) < 4.78 is 0. The van der Waals surface area contributed by atoms with E-state index in [2.05, 4.69) is 15.3 Å². The third-order valence-corrected chi connectivity index (χ3v) is 2.86. The Morgan fingerprint density at radius 2 is 2.44 bits per heavy atom. The molecule has 1 amide bonds. The van der Waals surface area contributed by atoms with Gasteiger partial charge in [0.2, 0.25) is 5.91 Å². The maximum absolute atomic E-state index is 11.4. The first-order chi connectivity index (χ1) is 7.83. The Morgan fingerprint density at radius 1 is 1.56 bits per heavy atom. The van der Waals surface area contributed by atoms with Crippen molar-refractivity contribution in [2.75, 3.05) is 13.1 Å². The van der Waals surface area contributed by atoms with Crippen LogP contribution in [-0.2, 0) is 11.2 Å². The van der Waals surface area contributed by atoms with Crippen molar-refractivity contribution in [1.29, 1.82) is 0 Å². The van der Waals surface area contributed by atoms with Crippen LogP contribution < -0.4 is 5.32 Å². The van der Waals surface area contributed by atoms with Crippen LogP contribution in [0.2, 0.25) is 0 Å². The van der Waals surface area contributed by atoms with E-state index in [4.69, 9.17) is 5.53 Å². The Balaban J connectivity index is 2.04. The number of amides is 1. The first-order valence-corrected chi connectivity index (χ1v) is 6.01. The van der Waals surface area contributed by atoms with Crippen LogP contribution in [-0.4, -0.2) is 19.0 Å². The molecule has 0 atom stereocenters. The summed E-state index contributed by atoms with van der Waals surface area (Å²) >= 11 is 1.59. The minimum Gasteiger partial charge on any atom is -0.356 e. The van der Waals surface area contributed by atoms with Crippen molar-refractivity contribution in [2.45, 2.75) is 19.3 Å². The summed E-state index contributed by atoms with van der Waals surface area (Å²) in [6.45, 7) is 1.14. The van der Waals surface area contributed by atoms with Gasteiger partial charge in [0.1, 0.15) is 0 Å². The number of azide groups is 1. The van der Waals surface area contributed by atoms with E-state index in [9.17, 15) is 4.79 Å². The third-order valence-electron chi connectivity index (χ3n) is 1.99. The zero-order chi connectivity index (χ0) is 11.6. The predicted octanol–water partition coefficient (Wildman–Crippen LogP) is 2.50. The molecule has 1 heterocycles. The summed E-state index contributed by atoms with van der Waals surface area (Å²) in [6, 6.07) is 3.89. The molecular formula is C10H14N4OS. The van der Waals surface area contributed by atoms with E-state index in [0.29, 0.717) is 19.5 Å². The lowest BCUT2D eigenvalue weighted by atomic mass is 10.3. The molecule has 0 bridgehead atoms. The minimum absolute atomic E-state index is 0.0474. The monoisotopic (exact) mass is 238 g/mol. The molecule has 1 rings (SSSR count). The maximum atomic E-state index is 11.4. The average molecular weight is 238 g/mol. The second kappa shape index (κ2) is 7.73. The van der Waals surface area contributed by atoms with Crippen molar-refractivity contribution >= 4 is 17.2 Å². The number of hydrogen-bond acceptors (Lipinski definition) is 3. The van der Waals surface area contributed by atoms with Gasteiger partial charge in [-0.05, 0) is 29.8 Å². The summed E-state index contributed by atoms with van der Waals surface area (Å²) in [6.07, 6.45) is 2.10. The van der Waals surface area contributed by atoms with Crippen molar-refractivity contribution in [1.82, 2.24) is 5.32 Å². The summed E-state index contributed by atoms with van der Waals surface area (Å²) in [5.74, 6) is 0.0474. The molecule has 5 nitrogen and oxygen atoms in total. The molecule has 0 spiro atoms. The number of carbonyl (C=O) groups is 1. The van der Waals surface area contributed by atoms with E-state index in [0.717, 1.165) is 17.7 Å². The van der Waals surface area contributed by atoms with Crippen LogP contribution in [0.3, 0.4) is 0 Å². The maximum Gasteiger partial charge on any atom is 0.225 e. The smallest absolute Gasteiger partial charge is 0.225 e. The van der Waals surface area contributed by atoms with Crippen molar-refractivity contribution < 1.29 is 4.79 Å². The van der Waals surface area contributed by atoms with Gasteiger partial charge in [0.15, 0.2) is 0 Å². The molecule has 1 N–H and O–H groups in total. The largest absolute Gasteiger partial charge is 0.356 e. The fourth-order valence-corrected chi connectivity index (χ4v) is 1.92. The molecule has 86 valence electrons. The molecule has 0 aliphatic rings. The number of rotatable bonds is 7. The molecular weight excluding hydrogens is 224 g/mol. The summed E-state index contributed by atoms with van der Waals surface area (Å²) in [5, 5.41) is 8.21. The predicted molar refractivity (Wildman–Crippen MR) is 64.3 cm³/mol. The van der Waals surface area contributed by atoms with Crippen LogP contribution in [0, 0.1) is 0 Å². The lowest BCUT2D eigenvalue weighted by Gasteiger charge is -2.02. The number of unbranched alkanes of at least 4 members (excludes halogenated alkanes) is 1. The summed E-state index contributed by atoms with van der Waals surface area (Å²) in [4.78, 5) is 15.1. The molecule has 0 fully saturated rings. The first kappa shape index (κ1) is 12.5. The van der Waals surface area contributed by atoms with Crippen LogP contribution in [0.4, 0.5) is 0 Å². The molecule has 0 saturated carbocycles. The van der Waals surface area contributed by atoms with Crippen LogP contribution in [0.5, 0.6) is 0 Å². The Labute approximate surface area is 98.1 Å². The van der Waals surface area contributed by atoms with E-state index in [1.54, 1.807) is 11.3 Å². The highest BCUT2D eigenvalue weighted by Crippen LogP contribution is 2.08. The summed E-state index contributed by atoms with van der Waals surface area (Å²) in [7, 11) is 0. The van der Waals surface area contributed by atoms with Crippen molar-refractivity contribution in [3.8, 4) is 0 Å². The molecule has 1 aromatic rings. The van der Waals surface area contributed by atoms with E-state index in [1.807, 2.05) is 17.5 Å². The van der Waals surface area contributed by atoms with Gasteiger partial charge in [0.05, 0.1) is 6.42 Å². The van der Waals surface area contributed by atoms with Gasteiger partial charge in [-0.15, -0.1) is 11.3 Å². The highest BCUT2D eigenvalue weighted by molar-refractivity contribution is 7.10. The number of thiophene rings is 1. The third kappa shape index (κ3) is 5.38. The molecule has 0 aliphatic heterocycles. The van der Waals surface area contributed by atoms with Gasteiger partial charge in [0, 0.05) is 22.9 Å². The molecule has 0 aliphatic carbocycles. The number of nitrogens with zero attached hydrogens (tertiary/aromatic N) is 3. The van der Waals surface area contributed by atoms with E-state index < -0.39 is 0 Å². The van der Waals surface area contributed by atoms with Gasteiger partial charge < -0.3 is 5.32 Å². The van der Waals surface area contributed by atoms with E-state index in [-0.39, 0.29) is 5.91 Å². The van der Waals surface area contributed by atoms with Crippen LogP contribution in [0.15, 0.2) is 22.6 Å². The first-order valence-electron chi connectivity index (χ1n) is 5.13. The SMILES string of the molecule is [N-]=[N+]=NCCCCNC(=O)Cc1cccs1. The van der Waals surface area contributed by atoms with E-state index in [1.165, 1.54) is 0 Å². The second-order valence-corrected chi connectivity index (χ2v) is 4.30. The normalized spacial score (nSPS) is 9.50. The molecule has 0 radical (unpaired) electrons. The minimum atomic E-state index is 0.0474. The molecule has 6 heteroatoms. The number of nitrogens with one attached hydrogen (secondary N) is 1. The Bertz CT molecular complexity index is 357. The Kier molecular flexibility index (Phi) is 6.06. The lowest BCUT2D eigenvalue weighted by Crippen LogP contribution is -2.25. The highest BCUT2D eigenvalue weighted by atomic mass is 32.1.